The number of nitrogens with zero attached hydrogens (tertiary/aromatic N) is 1. The highest BCUT2D eigenvalue weighted by molar-refractivity contribution is 7.09. The van der Waals surface area contributed by atoms with E-state index >= 15 is 0 Å². The highest BCUT2D eigenvalue weighted by atomic mass is 32.1. The Bertz CT molecular complexity index is 581. The Morgan fingerprint density at radius 3 is 2.70 bits per heavy atom. The Balaban J connectivity index is 1.70. The molecule has 0 spiro atoms. The highest BCUT2D eigenvalue weighted by Crippen LogP contribution is 2.24. The molecule has 2 amide bonds. The van der Waals surface area contributed by atoms with Gasteiger partial charge in [-0.25, -0.2) is 9.78 Å². The molecule has 2 rings (SSSR count). The van der Waals surface area contributed by atoms with Crippen LogP contribution in [0, 0.1) is 5.92 Å². The number of carbonyl (C=O) groups excluding carboxylic acids is 2. The number of carboxylic acid groups (broad SMARTS) is 1. The Kier molecular flexibility index (Phi) is 6.09. The van der Waals surface area contributed by atoms with E-state index in [1.165, 1.54) is 16.7 Å². The van der Waals surface area contributed by atoms with Gasteiger partial charge >= 0.3 is 5.97 Å². The standard InChI is InChI=1S/C15H21N3O4S/c1-9(17-14(20)10-4-2-3-5-10)6-12(19)16-7-13-18-11(8-23-13)15(21)22/h8-10H,2-7H2,1H3,(H,16,19)(H,17,20)(H,21,22). The Labute approximate surface area is 138 Å². The van der Waals surface area contributed by atoms with E-state index < -0.39 is 5.97 Å². The normalized spacial score (nSPS) is 16.0. The lowest BCUT2D eigenvalue weighted by Crippen LogP contribution is -2.39. The first-order valence-electron chi connectivity index (χ1n) is 7.70. The minimum absolute atomic E-state index is 0.0172. The summed E-state index contributed by atoms with van der Waals surface area (Å²) >= 11 is 1.19. The van der Waals surface area contributed by atoms with E-state index in [2.05, 4.69) is 15.6 Å². The Morgan fingerprint density at radius 1 is 1.39 bits per heavy atom. The molecule has 1 aliphatic carbocycles. The van der Waals surface area contributed by atoms with Gasteiger partial charge in [0.15, 0.2) is 5.69 Å². The molecule has 8 heteroatoms. The van der Waals surface area contributed by atoms with Crippen molar-refractivity contribution in [1.29, 1.82) is 0 Å². The van der Waals surface area contributed by atoms with Gasteiger partial charge in [0.2, 0.25) is 11.8 Å². The van der Waals surface area contributed by atoms with Crippen LogP contribution in [-0.2, 0) is 16.1 Å². The summed E-state index contributed by atoms with van der Waals surface area (Å²) in [4.78, 5) is 38.5. The van der Waals surface area contributed by atoms with E-state index in [0.29, 0.717) is 5.01 Å². The largest absolute Gasteiger partial charge is 0.476 e. The van der Waals surface area contributed by atoms with Gasteiger partial charge in [-0.2, -0.15) is 0 Å². The maximum absolute atomic E-state index is 12.0. The number of hydrogen-bond acceptors (Lipinski definition) is 5. The predicted octanol–water partition coefficient (Wildman–Crippen LogP) is 1.54. The molecule has 3 N–H and O–H groups in total. The summed E-state index contributed by atoms with van der Waals surface area (Å²) in [5.74, 6) is -1.16. The number of nitrogens with one attached hydrogen (secondary N) is 2. The van der Waals surface area contributed by atoms with Gasteiger partial charge in [-0.1, -0.05) is 12.8 Å². The van der Waals surface area contributed by atoms with Crippen LogP contribution in [0.5, 0.6) is 0 Å². The number of amides is 2. The van der Waals surface area contributed by atoms with Gasteiger partial charge in [0.1, 0.15) is 5.01 Å². The first kappa shape index (κ1) is 17.4. The lowest BCUT2D eigenvalue weighted by atomic mass is 10.1. The second-order valence-corrected chi connectivity index (χ2v) is 6.75. The van der Waals surface area contributed by atoms with Gasteiger partial charge < -0.3 is 15.7 Å². The molecule has 1 saturated carbocycles. The smallest absolute Gasteiger partial charge is 0.355 e. The average molecular weight is 339 g/mol. The van der Waals surface area contributed by atoms with E-state index in [0.717, 1.165) is 25.7 Å². The van der Waals surface area contributed by atoms with E-state index in [4.69, 9.17) is 5.11 Å². The number of thiazole rings is 1. The molecular formula is C15H21N3O4S. The lowest BCUT2D eigenvalue weighted by Gasteiger charge is -2.16. The van der Waals surface area contributed by atoms with Crippen LogP contribution in [0.3, 0.4) is 0 Å². The van der Waals surface area contributed by atoms with Crippen molar-refractivity contribution in [2.45, 2.75) is 51.6 Å². The first-order valence-corrected chi connectivity index (χ1v) is 8.58. The van der Waals surface area contributed by atoms with Crippen LogP contribution in [-0.4, -0.2) is 33.9 Å². The summed E-state index contributed by atoms with van der Waals surface area (Å²) in [5.41, 5.74) is -0.0172. The van der Waals surface area contributed by atoms with E-state index in [9.17, 15) is 14.4 Å². The molecule has 23 heavy (non-hydrogen) atoms. The van der Waals surface area contributed by atoms with Gasteiger partial charge in [0.05, 0.1) is 6.54 Å². The molecule has 1 aliphatic rings. The number of aromatic carboxylic acids is 1. The number of hydrogen-bond donors (Lipinski definition) is 3. The van der Waals surface area contributed by atoms with Gasteiger partial charge in [0, 0.05) is 23.8 Å². The molecule has 1 fully saturated rings. The molecule has 0 radical (unpaired) electrons. The van der Waals surface area contributed by atoms with Crippen molar-refractivity contribution in [2.75, 3.05) is 0 Å². The number of rotatable bonds is 7. The summed E-state index contributed by atoms with van der Waals surface area (Å²) in [6.45, 7) is 2.00. The first-order chi connectivity index (χ1) is 11.0. The molecular weight excluding hydrogens is 318 g/mol. The van der Waals surface area contributed by atoms with E-state index in [1.54, 1.807) is 6.92 Å². The molecule has 0 aliphatic heterocycles. The van der Waals surface area contributed by atoms with Gasteiger partial charge in [-0.05, 0) is 19.8 Å². The number of carboxylic acids is 1. The zero-order valence-corrected chi connectivity index (χ0v) is 13.8. The van der Waals surface area contributed by atoms with Gasteiger partial charge in [-0.15, -0.1) is 11.3 Å². The molecule has 126 valence electrons. The molecule has 1 unspecified atom stereocenters. The number of aromatic nitrogens is 1. The van der Waals surface area contributed by atoms with E-state index in [-0.39, 0.29) is 42.4 Å². The van der Waals surface area contributed by atoms with Crippen LogP contribution in [0.1, 0.15) is 54.5 Å². The van der Waals surface area contributed by atoms with Crippen molar-refractivity contribution in [3.63, 3.8) is 0 Å². The topological polar surface area (TPSA) is 108 Å². The third kappa shape index (κ3) is 5.31. The second kappa shape index (κ2) is 8.05. The van der Waals surface area contributed by atoms with Crippen LogP contribution in [0.4, 0.5) is 0 Å². The Hall–Kier alpha value is -1.96. The molecule has 1 aromatic rings. The summed E-state index contributed by atoms with van der Waals surface area (Å²) in [6.07, 6.45) is 4.25. The van der Waals surface area contributed by atoms with Crippen molar-refractivity contribution >= 4 is 29.1 Å². The molecule has 1 aromatic heterocycles. The average Bonchev–Trinajstić information content (AvgIpc) is 3.16. The second-order valence-electron chi connectivity index (χ2n) is 5.80. The fraction of sp³-hybridized carbons (Fsp3) is 0.600. The molecule has 1 atom stereocenters. The molecule has 0 bridgehead atoms. The molecule has 0 aromatic carbocycles. The number of carbonyl (C=O) groups is 3. The quantitative estimate of drug-likeness (QED) is 0.698. The third-order valence-corrected chi connectivity index (χ3v) is 4.66. The van der Waals surface area contributed by atoms with Crippen LogP contribution < -0.4 is 10.6 Å². The highest BCUT2D eigenvalue weighted by Gasteiger charge is 2.24. The fourth-order valence-corrected chi connectivity index (χ4v) is 3.32. The molecule has 1 heterocycles. The predicted molar refractivity (Wildman–Crippen MR) is 85.1 cm³/mol. The lowest BCUT2D eigenvalue weighted by molar-refractivity contribution is -0.126. The van der Waals surface area contributed by atoms with Crippen molar-refractivity contribution in [2.24, 2.45) is 5.92 Å². The van der Waals surface area contributed by atoms with Crippen molar-refractivity contribution in [3.05, 3.63) is 16.1 Å². The summed E-state index contributed by atoms with van der Waals surface area (Å²) in [7, 11) is 0. The molecule has 0 saturated heterocycles. The van der Waals surface area contributed by atoms with Gasteiger partial charge in [-0.3, -0.25) is 9.59 Å². The SMILES string of the molecule is CC(CC(=O)NCc1nc(C(=O)O)cs1)NC(=O)C1CCCC1. The maximum Gasteiger partial charge on any atom is 0.355 e. The fourth-order valence-electron chi connectivity index (χ4n) is 2.61. The summed E-state index contributed by atoms with van der Waals surface area (Å²) in [6, 6.07) is -0.228. The monoisotopic (exact) mass is 339 g/mol. The van der Waals surface area contributed by atoms with Crippen LogP contribution >= 0.6 is 11.3 Å². The van der Waals surface area contributed by atoms with Crippen LogP contribution in [0.2, 0.25) is 0 Å². The summed E-state index contributed by atoms with van der Waals surface area (Å²) in [5, 5.41) is 16.3. The minimum atomic E-state index is -1.08. The van der Waals surface area contributed by atoms with Crippen molar-refractivity contribution in [1.82, 2.24) is 15.6 Å². The van der Waals surface area contributed by atoms with Crippen molar-refractivity contribution in [3.8, 4) is 0 Å². The zero-order chi connectivity index (χ0) is 16.8. The van der Waals surface area contributed by atoms with Crippen LogP contribution in [0.25, 0.3) is 0 Å². The molecule has 7 nitrogen and oxygen atoms in total. The maximum atomic E-state index is 12.0. The summed E-state index contributed by atoms with van der Waals surface area (Å²) < 4.78 is 0. The third-order valence-electron chi connectivity index (χ3n) is 3.81. The van der Waals surface area contributed by atoms with Crippen molar-refractivity contribution < 1.29 is 19.5 Å². The van der Waals surface area contributed by atoms with Gasteiger partial charge in [0.25, 0.3) is 0 Å². The minimum Gasteiger partial charge on any atom is -0.476 e. The zero-order valence-electron chi connectivity index (χ0n) is 13.0. The van der Waals surface area contributed by atoms with E-state index in [1.807, 2.05) is 0 Å². The van der Waals surface area contributed by atoms with Crippen LogP contribution in [0.15, 0.2) is 5.38 Å². The Morgan fingerprint density at radius 2 is 2.09 bits per heavy atom.